The van der Waals surface area contributed by atoms with Gasteiger partial charge in [-0.05, 0) is 28.4 Å². The van der Waals surface area contributed by atoms with E-state index < -0.39 is 0 Å². The summed E-state index contributed by atoms with van der Waals surface area (Å²) in [7, 11) is 0. The van der Waals surface area contributed by atoms with Crippen molar-refractivity contribution in [1.82, 2.24) is 15.1 Å². The fourth-order valence-corrected chi connectivity index (χ4v) is 2.39. The normalized spacial score (nSPS) is 19.8. The number of aromatic amines is 1. The lowest BCUT2D eigenvalue weighted by molar-refractivity contribution is 0.0918. The Labute approximate surface area is 100 Å². The topological polar surface area (TPSA) is 63.9 Å². The van der Waals surface area contributed by atoms with Crippen LogP contribution in [0, 0.1) is 6.92 Å². The zero-order valence-corrected chi connectivity index (χ0v) is 10.2. The van der Waals surface area contributed by atoms with E-state index in [1.807, 2.05) is 13.1 Å². The zero-order valence-electron chi connectivity index (χ0n) is 8.66. The summed E-state index contributed by atoms with van der Waals surface area (Å²) in [6.07, 6.45) is 1.96. The standard InChI is InChI=1S/C10H10BrN3O2/c1-5-13-10(16-14-5)8-4-15-3-7-6(8)2-12-9(7)11/h2,8,12H,3-4H2,1H3. The molecule has 0 radical (unpaired) electrons. The minimum atomic E-state index is 0.0347. The Morgan fingerprint density at radius 3 is 3.19 bits per heavy atom. The smallest absolute Gasteiger partial charge is 0.236 e. The summed E-state index contributed by atoms with van der Waals surface area (Å²) >= 11 is 3.46. The van der Waals surface area contributed by atoms with E-state index in [0.717, 1.165) is 10.2 Å². The van der Waals surface area contributed by atoms with E-state index in [9.17, 15) is 0 Å². The Kier molecular flexibility index (Phi) is 2.33. The first kappa shape index (κ1) is 10.0. The van der Waals surface area contributed by atoms with Crippen molar-refractivity contribution in [1.29, 1.82) is 0 Å². The van der Waals surface area contributed by atoms with Crippen molar-refractivity contribution in [3.05, 3.63) is 33.6 Å². The van der Waals surface area contributed by atoms with Crippen LogP contribution in [0.4, 0.5) is 0 Å². The number of ether oxygens (including phenoxy) is 1. The van der Waals surface area contributed by atoms with Gasteiger partial charge in [0.2, 0.25) is 5.89 Å². The Morgan fingerprint density at radius 2 is 2.44 bits per heavy atom. The van der Waals surface area contributed by atoms with Gasteiger partial charge in [-0.2, -0.15) is 4.98 Å². The molecule has 0 saturated carbocycles. The highest BCUT2D eigenvalue weighted by Crippen LogP contribution is 2.34. The Hall–Kier alpha value is -1.14. The molecule has 0 bridgehead atoms. The van der Waals surface area contributed by atoms with Crippen molar-refractivity contribution in [2.75, 3.05) is 6.61 Å². The molecule has 1 unspecified atom stereocenters. The van der Waals surface area contributed by atoms with E-state index >= 15 is 0 Å². The molecule has 0 spiro atoms. The maximum Gasteiger partial charge on any atom is 0.236 e. The van der Waals surface area contributed by atoms with Crippen molar-refractivity contribution < 1.29 is 9.26 Å². The van der Waals surface area contributed by atoms with E-state index in [4.69, 9.17) is 9.26 Å². The predicted octanol–water partition coefficient (Wildman–Crippen LogP) is 2.13. The molecule has 5 nitrogen and oxygen atoms in total. The van der Waals surface area contributed by atoms with Gasteiger partial charge in [0.15, 0.2) is 5.82 Å². The lowest BCUT2D eigenvalue weighted by atomic mass is 9.97. The molecule has 16 heavy (non-hydrogen) atoms. The van der Waals surface area contributed by atoms with Crippen molar-refractivity contribution in [3.8, 4) is 0 Å². The quantitative estimate of drug-likeness (QED) is 0.871. The van der Waals surface area contributed by atoms with Crippen LogP contribution in [0.25, 0.3) is 0 Å². The van der Waals surface area contributed by atoms with Crippen LogP contribution in [0.1, 0.15) is 28.8 Å². The van der Waals surface area contributed by atoms with Crippen LogP contribution in [0.2, 0.25) is 0 Å². The average molecular weight is 284 g/mol. The number of fused-ring (bicyclic) bond motifs is 1. The number of H-pyrrole nitrogens is 1. The zero-order chi connectivity index (χ0) is 11.1. The van der Waals surface area contributed by atoms with Crippen LogP contribution in [0.15, 0.2) is 15.3 Å². The predicted molar refractivity (Wildman–Crippen MR) is 59.0 cm³/mol. The Balaban J connectivity index is 2.05. The summed E-state index contributed by atoms with van der Waals surface area (Å²) in [5.41, 5.74) is 2.30. The van der Waals surface area contributed by atoms with Gasteiger partial charge in [0, 0.05) is 11.8 Å². The van der Waals surface area contributed by atoms with E-state index in [1.165, 1.54) is 5.56 Å². The summed E-state index contributed by atoms with van der Waals surface area (Å²) in [4.78, 5) is 7.39. The second-order valence-electron chi connectivity index (χ2n) is 3.78. The molecule has 0 amide bonds. The van der Waals surface area contributed by atoms with E-state index in [-0.39, 0.29) is 5.92 Å². The highest BCUT2D eigenvalue weighted by Gasteiger charge is 2.29. The van der Waals surface area contributed by atoms with Crippen LogP contribution >= 0.6 is 15.9 Å². The van der Waals surface area contributed by atoms with E-state index in [1.54, 1.807) is 0 Å². The van der Waals surface area contributed by atoms with Gasteiger partial charge in [-0.3, -0.25) is 0 Å². The Bertz CT molecular complexity index is 520. The second-order valence-corrected chi connectivity index (χ2v) is 4.58. The van der Waals surface area contributed by atoms with Crippen LogP contribution in [-0.4, -0.2) is 21.7 Å². The van der Waals surface area contributed by atoms with Gasteiger partial charge in [-0.1, -0.05) is 5.16 Å². The summed E-state index contributed by atoms with van der Waals surface area (Å²) in [5, 5.41) is 3.81. The van der Waals surface area contributed by atoms with Gasteiger partial charge in [-0.15, -0.1) is 0 Å². The van der Waals surface area contributed by atoms with Gasteiger partial charge < -0.3 is 14.2 Å². The molecule has 6 heteroatoms. The van der Waals surface area contributed by atoms with Gasteiger partial charge >= 0.3 is 0 Å². The summed E-state index contributed by atoms with van der Waals surface area (Å²) in [6.45, 7) is 3.01. The lowest BCUT2D eigenvalue weighted by Gasteiger charge is -2.19. The SMILES string of the molecule is Cc1noc(C2COCc3c2c[nH]c3Br)n1. The number of hydrogen-bond donors (Lipinski definition) is 1. The highest BCUT2D eigenvalue weighted by molar-refractivity contribution is 9.10. The molecule has 2 aromatic heterocycles. The Morgan fingerprint density at radius 1 is 1.56 bits per heavy atom. The van der Waals surface area contributed by atoms with Crippen molar-refractivity contribution in [2.45, 2.75) is 19.4 Å². The van der Waals surface area contributed by atoms with E-state index in [0.29, 0.717) is 24.9 Å². The molecule has 2 aromatic rings. The molecule has 84 valence electrons. The number of rotatable bonds is 1. The summed E-state index contributed by atoms with van der Waals surface area (Å²) in [6, 6.07) is 0. The molecule has 1 aliphatic rings. The number of nitrogens with zero attached hydrogens (tertiary/aromatic N) is 2. The number of nitrogens with one attached hydrogen (secondary N) is 1. The third-order valence-corrected chi connectivity index (χ3v) is 3.42. The van der Waals surface area contributed by atoms with Crippen LogP contribution in [-0.2, 0) is 11.3 Å². The van der Waals surface area contributed by atoms with E-state index in [2.05, 4.69) is 31.1 Å². The first-order valence-electron chi connectivity index (χ1n) is 4.99. The van der Waals surface area contributed by atoms with Crippen molar-refractivity contribution in [2.24, 2.45) is 0 Å². The molecule has 0 saturated heterocycles. The van der Waals surface area contributed by atoms with Crippen LogP contribution < -0.4 is 0 Å². The molecule has 1 N–H and O–H groups in total. The number of aromatic nitrogens is 3. The number of hydrogen-bond acceptors (Lipinski definition) is 4. The van der Waals surface area contributed by atoms with Gasteiger partial charge in [0.25, 0.3) is 0 Å². The first-order chi connectivity index (χ1) is 7.75. The monoisotopic (exact) mass is 283 g/mol. The molecule has 3 rings (SSSR count). The van der Waals surface area contributed by atoms with Crippen molar-refractivity contribution >= 4 is 15.9 Å². The average Bonchev–Trinajstić information content (AvgIpc) is 2.86. The molecular weight excluding hydrogens is 274 g/mol. The summed E-state index contributed by atoms with van der Waals surface area (Å²) < 4.78 is 11.7. The minimum Gasteiger partial charge on any atom is -0.375 e. The van der Waals surface area contributed by atoms with Crippen molar-refractivity contribution in [3.63, 3.8) is 0 Å². The molecule has 0 aliphatic carbocycles. The first-order valence-corrected chi connectivity index (χ1v) is 5.78. The van der Waals surface area contributed by atoms with Crippen LogP contribution in [0.3, 0.4) is 0 Å². The maximum atomic E-state index is 5.53. The molecule has 3 heterocycles. The molecule has 1 atom stereocenters. The summed E-state index contributed by atoms with van der Waals surface area (Å²) in [5.74, 6) is 1.30. The van der Waals surface area contributed by atoms with Crippen LogP contribution in [0.5, 0.6) is 0 Å². The number of halogens is 1. The van der Waals surface area contributed by atoms with Gasteiger partial charge in [0.1, 0.15) is 0 Å². The maximum absolute atomic E-state index is 5.53. The fourth-order valence-electron chi connectivity index (χ4n) is 1.93. The molecule has 0 fully saturated rings. The third-order valence-electron chi connectivity index (χ3n) is 2.72. The van der Waals surface area contributed by atoms with Gasteiger partial charge in [0.05, 0.1) is 23.7 Å². The molecule has 0 aromatic carbocycles. The lowest BCUT2D eigenvalue weighted by Crippen LogP contribution is -2.16. The number of aryl methyl sites for hydroxylation is 1. The van der Waals surface area contributed by atoms with Gasteiger partial charge in [-0.25, -0.2) is 0 Å². The minimum absolute atomic E-state index is 0.0347. The second kappa shape index (κ2) is 3.71. The highest BCUT2D eigenvalue weighted by atomic mass is 79.9. The fraction of sp³-hybridized carbons (Fsp3) is 0.400. The third kappa shape index (κ3) is 1.49. The molecule has 1 aliphatic heterocycles. The molecular formula is C10H10BrN3O2. The largest absolute Gasteiger partial charge is 0.375 e.